The molecule has 0 unspecified atom stereocenters. The lowest BCUT2D eigenvalue weighted by atomic mass is 10.1. The fourth-order valence-corrected chi connectivity index (χ4v) is 3.71. The molecular weight excluding hydrogens is 372 g/mol. The van der Waals surface area contributed by atoms with Gasteiger partial charge in [0.25, 0.3) is 5.91 Å². The van der Waals surface area contributed by atoms with Gasteiger partial charge in [-0.15, -0.1) is 0 Å². The third kappa shape index (κ3) is 5.98. The lowest BCUT2D eigenvalue weighted by molar-refractivity contribution is -0.128. The first-order valence-electron chi connectivity index (χ1n) is 10.1. The van der Waals surface area contributed by atoms with Crippen LogP contribution >= 0.6 is 11.6 Å². The molecule has 1 saturated heterocycles. The normalized spacial score (nSPS) is 15.8. The quantitative estimate of drug-likeness (QED) is 0.692. The second-order valence-corrected chi connectivity index (χ2v) is 7.73. The maximum atomic E-state index is 12.6. The maximum absolute atomic E-state index is 12.6. The highest BCUT2D eigenvalue weighted by Crippen LogP contribution is 2.25. The Morgan fingerprint density at radius 3 is 2.61 bits per heavy atom. The molecule has 2 aromatic rings. The molecule has 0 aromatic heterocycles. The van der Waals surface area contributed by atoms with Gasteiger partial charge in [0.1, 0.15) is 5.75 Å². The number of rotatable bonds is 8. The number of hydrogen-bond donors (Lipinski definition) is 1. The zero-order valence-corrected chi connectivity index (χ0v) is 17.3. The van der Waals surface area contributed by atoms with Crippen molar-refractivity contribution in [3.63, 3.8) is 0 Å². The number of para-hydroxylation sites is 1. The summed E-state index contributed by atoms with van der Waals surface area (Å²) >= 11 is 6.14. The van der Waals surface area contributed by atoms with Gasteiger partial charge in [-0.2, -0.15) is 0 Å². The summed E-state index contributed by atoms with van der Waals surface area (Å²) in [4.78, 5) is 15.1. The molecule has 4 nitrogen and oxygen atoms in total. The number of benzene rings is 2. The van der Waals surface area contributed by atoms with Gasteiger partial charge >= 0.3 is 0 Å². The third-order valence-corrected chi connectivity index (χ3v) is 5.39. The number of ether oxygens (including phenoxy) is 1. The summed E-state index contributed by atoms with van der Waals surface area (Å²) in [7, 11) is 0. The van der Waals surface area contributed by atoms with Crippen LogP contribution in [0.1, 0.15) is 43.7 Å². The highest BCUT2D eigenvalue weighted by molar-refractivity contribution is 6.32. The van der Waals surface area contributed by atoms with Crippen molar-refractivity contribution in [2.45, 2.75) is 51.8 Å². The van der Waals surface area contributed by atoms with E-state index in [2.05, 4.69) is 34.5 Å². The van der Waals surface area contributed by atoms with Gasteiger partial charge in [0.05, 0.1) is 5.02 Å². The van der Waals surface area contributed by atoms with Gasteiger partial charge in [-0.1, -0.05) is 61.3 Å². The molecule has 1 amide bonds. The van der Waals surface area contributed by atoms with Crippen LogP contribution in [0.5, 0.6) is 5.75 Å². The summed E-state index contributed by atoms with van der Waals surface area (Å²) in [6.07, 6.45) is 3.94. The molecule has 0 bridgehead atoms. The Bertz CT molecular complexity index is 775. The van der Waals surface area contributed by atoms with E-state index in [0.717, 1.165) is 12.1 Å². The van der Waals surface area contributed by atoms with Crippen molar-refractivity contribution in [3.05, 3.63) is 64.7 Å². The molecule has 1 fully saturated rings. The predicted molar refractivity (Wildman–Crippen MR) is 114 cm³/mol. The Labute approximate surface area is 172 Å². The summed E-state index contributed by atoms with van der Waals surface area (Å²) in [5.41, 5.74) is 2.41. The first kappa shape index (κ1) is 20.7. The topological polar surface area (TPSA) is 41.6 Å². The number of nitrogens with zero attached hydrogens (tertiary/aromatic N) is 1. The number of carbonyl (C=O) groups is 1. The number of likely N-dealkylation sites (tertiary alicyclic amines) is 1. The van der Waals surface area contributed by atoms with E-state index in [1.165, 1.54) is 37.9 Å². The molecule has 0 radical (unpaired) electrons. The molecule has 150 valence electrons. The number of nitrogens with one attached hydrogen (secondary N) is 1. The Hall–Kier alpha value is -2.04. The van der Waals surface area contributed by atoms with E-state index < -0.39 is 6.10 Å². The molecule has 1 N–H and O–H groups in total. The summed E-state index contributed by atoms with van der Waals surface area (Å²) in [6.45, 7) is 5.77. The minimum Gasteiger partial charge on any atom is -0.479 e. The SMILES string of the molecule is CC[C@@H](Oc1ccccc1Cl)C(=O)NCc1cccc(CN2CCCCC2)c1. The molecule has 0 spiro atoms. The molecule has 28 heavy (non-hydrogen) atoms. The van der Waals surface area contributed by atoms with E-state index in [9.17, 15) is 4.79 Å². The van der Waals surface area contributed by atoms with Crippen LogP contribution in [0.2, 0.25) is 5.02 Å². The third-order valence-electron chi connectivity index (χ3n) is 5.08. The number of piperidine rings is 1. The van der Waals surface area contributed by atoms with Gasteiger partial charge in [-0.25, -0.2) is 0 Å². The van der Waals surface area contributed by atoms with Crippen LogP contribution in [0.4, 0.5) is 0 Å². The summed E-state index contributed by atoms with van der Waals surface area (Å²) in [5, 5.41) is 3.51. The molecule has 5 heteroatoms. The van der Waals surface area contributed by atoms with Crippen LogP contribution in [0, 0.1) is 0 Å². The van der Waals surface area contributed by atoms with Crippen LogP contribution < -0.4 is 10.1 Å². The van der Waals surface area contributed by atoms with E-state index in [0.29, 0.717) is 23.7 Å². The largest absolute Gasteiger partial charge is 0.479 e. The molecular formula is C23H29ClN2O2. The molecule has 0 aliphatic carbocycles. The second kappa shape index (κ2) is 10.5. The van der Waals surface area contributed by atoms with Crippen molar-refractivity contribution < 1.29 is 9.53 Å². The Kier molecular flexibility index (Phi) is 7.75. The number of carbonyl (C=O) groups excluding carboxylic acids is 1. The van der Waals surface area contributed by atoms with E-state index in [1.54, 1.807) is 12.1 Å². The molecule has 1 atom stereocenters. The monoisotopic (exact) mass is 400 g/mol. The van der Waals surface area contributed by atoms with E-state index >= 15 is 0 Å². The van der Waals surface area contributed by atoms with Crippen molar-refractivity contribution in [2.24, 2.45) is 0 Å². The first-order chi connectivity index (χ1) is 13.7. The van der Waals surface area contributed by atoms with Crippen LogP contribution in [0.25, 0.3) is 0 Å². The van der Waals surface area contributed by atoms with Crippen LogP contribution in [-0.2, 0) is 17.9 Å². The van der Waals surface area contributed by atoms with Crippen molar-refractivity contribution in [3.8, 4) is 5.75 Å². The Morgan fingerprint density at radius 2 is 1.86 bits per heavy atom. The smallest absolute Gasteiger partial charge is 0.261 e. The van der Waals surface area contributed by atoms with Crippen molar-refractivity contribution in [1.29, 1.82) is 0 Å². The fourth-order valence-electron chi connectivity index (χ4n) is 3.53. The van der Waals surface area contributed by atoms with Gasteiger partial charge in [0.15, 0.2) is 6.10 Å². The van der Waals surface area contributed by atoms with E-state index in [4.69, 9.17) is 16.3 Å². The van der Waals surface area contributed by atoms with Gasteiger partial charge < -0.3 is 10.1 Å². The fraction of sp³-hybridized carbons (Fsp3) is 0.435. The van der Waals surface area contributed by atoms with Crippen LogP contribution in [0.15, 0.2) is 48.5 Å². The molecule has 0 saturated carbocycles. The molecule has 3 rings (SSSR count). The van der Waals surface area contributed by atoms with Gasteiger partial charge in [0.2, 0.25) is 0 Å². The second-order valence-electron chi connectivity index (χ2n) is 7.32. The van der Waals surface area contributed by atoms with Crippen molar-refractivity contribution >= 4 is 17.5 Å². The first-order valence-corrected chi connectivity index (χ1v) is 10.5. The average molecular weight is 401 g/mol. The van der Waals surface area contributed by atoms with E-state index in [-0.39, 0.29) is 5.91 Å². The van der Waals surface area contributed by atoms with Crippen molar-refractivity contribution in [1.82, 2.24) is 10.2 Å². The number of hydrogen-bond acceptors (Lipinski definition) is 3. The number of amides is 1. The zero-order valence-electron chi connectivity index (χ0n) is 16.5. The highest BCUT2D eigenvalue weighted by Gasteiger charge is 2.19. The predicted octanol–water partition coefficient (Wildman–Crippen LogP) is 4.80. The summed E-state index contributed by atoms with van der Waals surface area (Å²) in [5.74, 6) is 0.415. The zero-order chi connectivity index (χ0) is 19.8. The summed E-state index contributed by atoms with van der Waals surface area (Å²) < 4.78 is 5.82. The van der Waals surface area contributed by atoms with Gasteiger partial charge in [-0.3, -0.25) is 9.69 Å². The van der Waals surface area contributed by atoms with Crippen LogP contribution in [0.3, 0.4) is 0 Å². The summed E-state index contributed by atoms with van der Waals surface area (Å²) in [6, 6.07) is 15.7. The molecule has 1 aliphatic heterocycles. The average Bonchev–Trinajstić information content (AvgIpc) is 2.72. The van der Waals surface area contributed by atoms with Crippen LogP contribution in [-0.4, -0.2) is 30.0 Å². The Morgan fingerprint density at radius 1 is 1.11 bits per heavy atom. The minimum absolute atomic E-state index is 0.121. The molecule has 2 aromatic carbocycles. The lowest BCUT2D eigenvalue weighted by Crippen LogP contribution is -2.37. The molecule has 1 aliphatic rings. The van der Waals surface area contributed by atoms with Gasteiger partial charge in [-0.05, 0) is 55.6 Å². The maximum Gasteiger partial charge on any atom is 0.261 e. The minimum atomic E-state index is -0.559. The Balaban J connectivity index is 1.54. The van der Waals surface area contributed by atoms with Crippen molar-refractivity contribution in [2.75, 3.05) is 13.1 Å². The van der Waals surface area contributed by atoms with Gasteiger partial charge in [0, 0.05) is 13.1 Å². The molecule has 1 heterocycles. The van der Waals surface area contributed by atoms with E-state index in [1.807, 2.05) is 19.1 Å². The highest BCUT2D eigenvalue weighted by atomic mass is 35.5. The standard InChI is InChI=1S/C23H29ClN2O2/c1-2-21(28-22-12-5-4-11-20(22)24)23(27)25-16-18-9-8-10-19(15-18)17-26-13-6-3-7-14-26/h4-5,8-12,15,21H,2-3,6-7,13-14,16-17H2,1H3,(H,25,27)/t21-/m1/s1. The lowest BCUT2D eigenvalue weighted by Gasteiger charge is -2.26. The number of halogens is 1.